The van der Waals surface area contributed by atoms with Crippen LogP contribution in [-0.4, -0.2) is 20.2 Å². The van der Waals surface area contributed by atoms with Gasteiger partial charge in [0.15, 0.2) is 5.82 Å². The largest absolute Gasteiger partial charge is 0.424 e. The van der Waals surface area contributed by atoms with Gasteiger partial charge in [0.05, 0.1) is 5.69 Å². The average molecular weight is 422 g/mol. The lowest BCUT2D eigenvalue weighted by Gasteiger charge is -2.13. The molecule has 6 heteroatoms. The van der Waals surface area contributed by atoms with Gasteiger partial charge in [-0.05, 0) is 54.8 Å². The summed E-state index contributed by atoms with van der Waals surface area (Å²) in [5.74, 6) is 1.98. The van der Waals surface area contributed by atoms with E-state index in [1.807, 2.05) is 55.5 Å². The number of hydrogen-bond acceptors (Lipinski definition) is 5. The van der Waals surface area contributed by atoms with Crippen molar-refractivity contribution >= 4 is 22.4 Å². The van der Waals surface area contributed by atoms with E-state index in [9.17, 15) is 0 Å². The Morgan fingerprint density at radius 2 is 1.53 bits per heavy atom. The maximum absolute atomic E-state index is 6.12. The Morgan fingerprint density at radius 1 is 0.750 bits per heavy atom. The van der Waals surface area contributed by atoms with E-state index in [2.05, 4.69) is 58.6 Å². The van der Waals surface area contributed by atoms with Crippen molar-refractivity contribution in [1.29, 1.82) is 0 Å². The second kappa shape index (κ2) is 8.15. The van der Waals surface area contributed by atoms with Crippen LogP contribution in [0.15, 0.2) is 72.8 Å². The molecular formula is C26H23N5O. The van der Waals surface area contributed by atoms with Gasteiger partial charge >= 0.3 is 6.01 Å². The number of H-pyrrole nitrogens is 1. The summed E-state index contributed by atoms with van der Waals surface area (Å²) in [4.78, 5) is 9.35. The van der Waals surface area contributed by atoms with Gasteiger partial charge in [0.2, 0.25) is 0 Å². The van der Waals surface area contributed by atoms with Crippen molar-refractivity contribution in [2.45, 2.75) is 20.8 Å². The van der Waals surface area contributed by atoms with E-state index < -0.39 is 0 Å². The molecule has 0 saturated carbocycles. The molecule has 2 heterocycles. The highest BCUT2D eigenvalue weighted by molar-refractivity contribution is 5.83. The molecule has 0 unspecified atom stereocenters. The monoisotopic (exact) mass is 421 g/mol. The van der Waals surface area contributed by atoms with Crippen LogP contribution in [0.2, 0.25) is 0 Å². The number of aromatic nitrogens is 4. The molecule has 0 fully saturated rings. The molecule has 5 rings (SSSR count). The van der Waals surface area contributed by atoms with E-state index >= 15 is 0 Å². The van der Waals surface area contributed by atoms with E-state index in [4.69, 9.17) is 9.72 Å². The fourth-order valence-electron chi connectivity index (χ4n) is 3.83. The lowest BCUT2D eigenvalue weighted by Crippen LogP contribution is -2.01. The molecular weight excluding hydrogens is 398 g/mol. The van der Waals surface area contributed by atoms with Crippen molar-refractivity contribution < 1.29 is 4.74 Å². The van der Waals surface area contributed by atoms with Crippen molar-refractivity contribution in [3.63, 3.8) is 0 Å². The minimum atomic E-state index is 0.273. The number of aromatic amines is 1. The van der Waals surface area contributed by atoms with Crippen LogP contribution in [0.25, 0.3) is 22.0 Å². The van der Waals surface area contributed by atoms with Gasteiger partial charge in [0, 0.05) is 23.4 Å². The molecule has 2 aromatic heterocycles. The van der Waals surface area contributed by atoms with E-state index in [1.54, 1.807) is 0 Å². The number of nitrogens with zero attached hydrogens (tertiary/aromatic N) is 3. The number of fused-ring (bicyclic) bond motifs is 1. The van der Waals surface area contributed by atoms with Crippen LogP contribution in [0.1, 0.15) is 16.8 Å². The molecule has 6 nitrogen and oxygen atoms in total. The number of rotatable bonds is 5. The summed E-state index contributed by atoms with van der Waals surface area (Å²) < 4.78 is 6.12. The minimum Gasteiger partial charge on any atom is -0.424 e. The van der Waals surface area contributed by atoms with Gasteiger partial charge in [0.25, 0.3) is 0 Å². The molecule has 158 valence electrons. The smallest absolute Gasteiger partial charge is 0.324 e. The van der Waals surface area contributed by atoms with E-state index in [-0.39, 0.29) is 6.01 Å². The van der Waals surface area contributed by atoms with Gasteiger partial charge in [-0.1, -0.05) is 48.5 Å². The zero-order valence-corrected chi connectivity index (χ0v) is 18.2. The van der Waals surface area contributed by atoms with Crippen LogP contribution < -0.4 is 10.1 Å². The highest BCUT2D eigenvalue weighted by Gasteiger charge is 2.14. The van der Waals surface area contributed by atoms with Crippen LogP contribution in [-0.2, 0) is 0 Å². The fourth-order valence-corrected chi connectivity index (χ4v) is 3.83. The minimum absolute atomic E-state index is 0.273. The first-order valence-electron chi connectivity index (χ1n) is 10.5. The molecule has 0 radical (unpaired) electrons. The van der Waals surface area contributed by atoms with Gasteiger partial charge in [0.1, 0.15) is 11.6 Å². The van der Waals surface area contributed by atoms with Crippen molar-refractivity contribution in [2.75, 3.05) is 5.32 Å². The van der Waals surface area contributed by atoms with Crippen molar-refractivity contribution in [2.24, 2.45) is 0 Å². The molecule has 32 heavy (non-hydrogen) atoms. The molecule has 0 saturated heterocycles. The highest BCUT2D eigenvalue weighted by Crippen LogP contribution is 2.31. The van der Waals surface area contributed by atoms with Crippen LogP contribution in [0, 0.1) is 20.8 Å². The average Bonchev–Trinajstić information content (AvgIpc) is 3.18. The van der Waals surface area contributed by atoms with Crippen molar-refractivity contribution in [1.82, 2.24) is 20.2 Å². The molecule has 0 atom stereocenters. The quantitative estimate of drug-likeness (QED) is 0.340. The summed E-state index contributed by atoms with van der Waals surface area (Å²) in [5.41, 5.74) is 5.11. The molecule has 0 aliphatic rings. The number of ether oxygens (including phenoxy) is 1. The lowest BCUT2D eigenvalue weighted by atomic mass is 10.00. The van der Waals surface area contributed by atoms with Crippen LogP contribution in [0.4, 0.5) is 11.6 Å². The first-order chi connectivity index (χ1) is 15.5. The standard InChI is InChI=1S/C26H23N5O/c1-16-7-6-8-17(2)25(16)22-15-23(28-24-13-18(3)30-31-24)29-26(27-22)32-21-12-11-19-9-4-5-10-20(19)14-21/h4-15H,1-3H3,(H2,27,28,29,30,31). The maximum atomic E-state index is 6.12. The van der Waals surface area contributed by atoms with E-state index in [0.717, 1.165) is 38.9 Å². The highest BCUT2D eigenvalue weighted by atomic mass is 16.5. The van der Waals surface area contributed by atoms with Crippen LogP contribution in [0.5, 0.6) is 11.8 Å². The molecule has 0 amide bonds. The second-order valence-corrected chi connectivity index (χ2v) is 7.86. The Kier molecular flexibility index (Phi) is 5.03. The summed E-state index contributed by atoms with van der Waals surface area (Å²) in [6.45, 7) is 6.12. The topological polar surface area (TPSA) is 75.7 Å². The van der Waals surface area contributed by atoms with Crippen LogP contribution >= 0.6 is 0 Å². The van der Waals surface area contributed by atoms with E-state index in [1.165, 1.54) is 0 Å². The predicted molar refractivity (Wildman–Crippen MR) is 128 cm³/mol. The third-order valence-electron chi connectivity index (χ3n) is 5.34. The maximum Gasteiger partial charge on any atom is 0.324 e. The zero-order valence-electron chi connectivity index (χ0n) is 18.2. The van der Waals surface area contributed by atoms with Gasteiger partial charge in [-0.15, -0.1) is 0 Å². The van der Waals surface area contributed by atoms with Crippen LogP contribution in [0.3, 0.4) is 0 Å². The van der Waals surface area contributed by atoms with Gasteiger partial charge in [-0.25, -0.2) is 0 Å². The normalized spacial score (nSPS) is 11.0. The van der Waals surface area contributed by atoms with E-state index in [0.29, 0.717) is 17.4 Å². The first-order valence-corrected chi connectivity index (χ1v) is 10.5. The summed E-state index contributed by atoms with van der Waals surface area (Å²) in [6, 6.07) is 24.5. The Morgan fingerprint density at radius 3 is 2.28 bits per heavy atom. The number of nitrogens with one attached hydrogen (secondary N) is 2. The molecule has 0 aliphatic carbocycles. The lowest BCUT2D eigenvalue weighted by molar-refractivity contribution is 0.444. The third-order valence-corrected chi connectivity index (χ3v) is 5.34. The first kappa shape index (κ1) is 19.8. The molecule has 0 aliphatic heterocycles. The molecule has 3 aromatic carbocycles. The number of hydrogen-bond donors (Lipinski definition) is 2. The summed E-state index contributed by atoms with van der Waals surface area (Å²) in [5, 5.41) is 12.7. The Balaban J connectivity index is 1.57. The summed E-state index contributed by atoms with van der Waals surface area (Å²) >= 11 is 0. The Labute approximate surface area is 186 Å². The number of anilines is 2. The Hall–Kier alpha value is -4.19. The van der Waals surface area contributed by atoms with Gasteiger partial charge < -0.3 is 10.1 Å². The Bertz CT molecular complexity index is 1400. The fraction of sp³-hybridized carbons (Fsp3) is 0.115. The second-order valence-electron chi connectivity index (χ2n) is 7.86. The van der Waals surface area contributed by atoms with Crippen molar-refractivity contribution in [3.8, 4) is 23.0 Å². The number of aryl methyl sites for hydroxylation is 3. The molecule has 0 spiro atoms. The van der Waals surface area contributed by atoms with Crippen molar-refractivity contribution in [3.05, 3.63) is 89.6 Å². The third kappa shape index (κ3) is 4.03. The van der Waals surface area contributed by atoms with Gasteiger partial charge in [-0.2, -0.15) is 15.1 Å². The summed E-state index contributed by atoms with van der Waals surface area (Å²) in [7, 11) is 0. The molecule has 0 bridgehead atoms. The molecule has 5 aromatic rings. The summed E-state index contributed by atoms with van der Waals surface area (Å²) in [6.07, 6.45) is 0. The SMILES string of the molecule is Cc1cc(Nc2cc(-c3c(C)cccc3C)nc(Oc3ccc4ccccc4c3)n2)n[nH]1. The number of benzene rings is 3. The zero-order chi connectivity index (χ0) is 22.1. The predicted octanol–water partition coefficient (Wildman–Crippen LogP) is 6.48. The molecule has 2 N–H and O–H groups in total. The van der Waals surface area contributed by atoms with Gasteiger partial charge in [-0.3, -0.25) is 5.10 Å².